The first-order chi connectivity index (χ1) is 9.78. The van der Waals surface area contributed by atoms with E-state index < -0.39 is 0 Å². The summed E-state index contributed by atoms with van der Waals surface area (Å²) in [6.45, 7) is 0.436. The predicted molar refractivity (Wildman–Crippen MR) is 79.1 cm³/mol. The summed E-state index contributed by atoms with van der Waals surface area (Å²) in [6.07, 6.45) is 2.48. The van der Waals surface area contributed by atoms with Gasteiger partial charge in [-0.15, -0.1) is 0 Å². The van der Waals surface area contributed by atoms with E-state index in [2.05, 4.69) is 0 Å². The Labute approximate surface area is 121 Å². The summed E-state index contributed by atoms with van der Waals surface area (Å²) in [7, 11) is 0. The molecule has 3 rings (SSSR count). The van der Waals surface area contributed by atoms with Crippen LogP contribution in [-0.2, 0) is 6.61 Å². The second-order valence-electron chi connectivity index (χ2n) is 4.45. The van der Waals surface area contributed by atoms with Crippen molar-refractivity contribution in [3.63, 3.8) is 0 Å². The highest BCUT2D eigenvalue weighted by Gasteiger charge is 2.09. The highest BCUT2D eigenvalue weighted by Crippen LogP contribution is 2.23. The molecule has 20 heavy (non-hydrogen) atoms. The summed E-state index contributed by atoms with van der Waals surface area (Å²) < 4.78 is 1.61. The molecule has 3 aromatic rings. The molecule has 0 N–H and O–H groups in total. The highest BCUT2D eigenvalue weighted by molar-refractivity contribution is 6.31. The molecule has 1 heterocycles. The number of benzene rings is 2. The number of rotatable bonds is 4. The average Bonchev–Trinajstić information content (AvgIpc) is 2.83. The molecule has 0 radical (unpaired) electrons. The minimum Gasteiger partial charge on any atom is -0.409 e. The van der Waals surface area contributed by atoms with Gasteiger partial charge in [0.15, 0.2) is 6.29 Å². The van der Waals surface area contributed by atoms with Gasteiger partial charge in [-0.25, -0.2) is 0 Å². The summed E-state index contributed by atoms with van der Waals surface area (Å²) >= 11 is 5.96. The van der Waals surface area contributed by atoms with E-state index in [0.29, 0.717) is 17.2 Å². The van der Waals surface area contributed by atoms with Crippen LogP contribution in [0.1, 0.15) is 15.9 Å². The molecule has 0 atom stereocenters. The van der Waals surface area contributed by atoms with Crippen LogP contribution in [0.25, 0.3) is 10.9 Å². The normalized spacial score (nSPS) is 10.7. The summed E-state index contributed by atoms with van der Waals surface area (Å²) in [5.74, 6) is 0. The Kier molecular flexibility index (Phi) is 3.44. The lowest BCUT2D eigenvalue weighted by Crippen LogP contribution is -2.09. The number of fused-ring (bicyclic) bond motifs is 1. The molecular weight excluding hydrogens is 274 g/mol. The van der Waals surface area contributed by atoms with Crippen LogP contribution in [0.2, 0.25) is 5.02 Å². The fourth-order valence-corrected chi connectivity index (χ4v) is 2.29. The number of nitrogens with zero attached hydrogens (tertiary/aromatic N) is 1. The molecule has 0 fully saturated rings. The maximum Gasteiger partial charge on any atom is 0.152 e. The van der Waals surface area contributed by atoms with Gasteiger partial charge in [0, 0.05) is 16.0 Å². The Hall–Kier alpha value is -2.26. The quantitative estimate of drug-likeness (QED) is 0.684. The number of aromatic nitrogens is 1. The van der Waals surface area contributed by atoms with E-state index >= 15 is 0 Å². The first kappa shape index (κ1) is 12.8. The van der Waals surface area contributed by atoms with Crippen LogP contribution in [0.15, 0.2) is 54.7 Å². The van der Waals surface area contributed by atoms with Crippen LogP contribution in [0.5, 0.6) is 0 Å². The van der Waals surface area contributed by atoms with Gasteiger partial charge in [-0.1, -0.05) is 41.9 Å². The summed E-state index contributed by atoms with van der Waals surface area (Å²) in [5.41, 5.74) is 2.46. The molecule has 100 valence electrons. The van der Waals surface area contributed by atoms with E-state index in [0.717, 1.165) is 22.8 Å². The summed E-state index contributed by atoms with van der Waals surface area (Å²) in [5, 5.41) is 1.39. The van der Waals surface area contributed by atoms with Crippen molar-refractivity contribution in [3.8, 4) is 0 Å². The van der Waals surface area contributed by atoms with Crippen LogP contribution in [0.3, 0.4) is 0 Å². The highest BCUT2D eigenvalue weighted by atomic mass is 35.5. The Bertz CT molecular complexity index is 750. The number of carbonyl (C=O) groups excluding carboxylic acids is 1. The monoisotopic (exact) mass is 285 g/mol. The molecule has 0 aliphatic carbocycles. The second kappa shape index (κ2) is 5.39. The van der Waals surface area contributed by atoms with E-state index in [1.165, 1.54) is 0 Å². The molecule has 0 saturated carbocycles. The lowest BCUT2D eigenvalue weighted by molar-refractivity contribution is 0.105. The molecule has 0 spiro atoms. The van der Waals surface area contributed by atoms with Gasteiger partial charge in [-0.3, -0.25) is 4.79 Å². The number of carbonyl (C=O) groups is 1. The Morgan fingerprint density at radius 3 is 2.70 bits per heavy atom. The van der Waals surface area contributed by atoms with E-state index in [1.807, 2.05) is 36.4 Å². The van der Waals surface area contributed by atoms with Crippen molar-refractivity contribution in [2.24, 2.45) is 0 Å². The van der Waals surface area contributed by atoms with Gasteiger partial charge in [-0.05, 0) is 23.8 Å². The van der Waals surface area contributed by atoms with Gasteiger partial charge in [0.2, 0.25) is 0 Å². The third-order valence-electron chi connectivity index (χ3n) is 3.10. The van der Waals surface area contributed by atoms with Gasteiger partial charge in [0.1, 0.15) is 6.61 Å². The second-order valence-corrected chi connectivity index (χ2v) is 4.89. The van der Waals surface area contributed by atoms with E-state index in [-0.39, 0.29) is 0 Å². The molecule has 0 aliphatic heterocycles. The van der Waals surface area contributed by atoms with Crippen LogP contribution in [-0.4, -0.2) is 11.0 Å². The molecule has 0 amide bonds. The van der Waals surface area contributed by atoms with Gasteiger partial charge in [0.25, 0.3) is 0 Å². The molecule has 3 nitrogen and oxygen atoms in total. The zero-order valence-electron chi connectivity index (χ0n) is 10.6. The summed E-state index contributed by atoms with van der Waals surface area (Å²) in [4.78, 5) is 16.8. The number of hydrogen-bond donors (Lipinski definition) is 0. The van der Waals surface area contributed by atoms with Crippen LogP contribution in [0, 0.1) is 0 Å². The zero-order chi connectivity index (χ0) is 13.9. The molecule has 0 bridgehead atoms. The van der Waals surface area contributed by atoms with Crippen molar-refractivity contribution < 1.29 is 9.63 Å². The van der Waals surface area contributed by atoms with Crippen molar-refractivity contribution in [2.75, 3.05) is 0 Å². The molecule has 2 aromatic carbocycles. The fourth-order valence-electron chi connectivity index (χ4n) is 2.12. The Balaban J connectivity index is 1.94. The predicted octanol–water partition coefficient (Wildman–Crippen LogP) is 3.74. The minimum atomic E-state index is 0.436. The SMILES string of the molecule is O=Cc1cn(OCc2ccccc2)c2ccc(Cl)cc12. The third-order valence-corrected chi connectivity index (χ3v) is 3.34. The van der Waals surface area contributed by atoms with Crippen molar-refractivity contribution in [1.82, 2.24) is 4.73 Å². The maximum atomic E-state index is 11.1. The van der Waals surface area contributed by atoms with Crippen LogP contribution >= 0.6 is 11.6 Å². The third kappa shape index (κ3) is 2.40. The number of aldehydes is 1. The first-order valence-corrected chi connectivity index (χ1v) is 6.59. The van der Waals surface area contributed by atoms with E-state index in [9.17, 15) is 4.79 Å². The zero-order valence-corrected chi connectivity index (χ0v) is 11.4. The smallest absolute Gasteiger partial charge is 0.152 e. The molecule has 1 aromatic heterocycles. The van der Waals surface area contributed by atoms with Crippen LogP contribution in [0.4, 0.5) is 0 Å². The van der Waals surface area contributed by atoms with Gasteiger partial charge < -0.3 is 4.84 Å². The molecule has 0 unspecified atom stereocenters. The summed E-state index contributed by atoms with van der Waals surface area (Å²) in [6, 6.07) is 15.2. The van der Waals surface area contributed by atoms with Crippen molar-refractivity contribution in [1.29, 1.82) is 0 Å². The number of halogens is 1. The van der Waals surface area contributed by atoms with E-state index in [4.69, 9.17) is 16.4 Å². The van der Waals surface area contributed by atoms with Gasteiger partial charge in [-0.2, -0.15) is 4.73 Å². The first-order valence-electron chi connectivity index (χ1n) is 6.21. The standard InChI is InChI=1S/C16H12ClNO2/c17-14-6-7-16-15(8-14)13(10-19)9-18(16)20-11-12-4-2-1-3-5-12/h1-10H,11H2. The largest absolute Gasteiger partial charge is 0.409 e. The minimum absolute atomic E-state index is 0.436. The van der Waals surface area contributed by atoms with Gasteiger partial charge in [0.05, 0.1) is 11.7 Å². The topological polar surface area (TPSA) is 31.2 Å². The fraction of sp³-hybridized carbons (Fsp3) is 0.0625. The van der Waals surface area contributed by atoms with Gasteiger partial charge >= 0.3 is 0 Å². The molecular formula is C16H12ClNO2. The average molecular weight is 286 g/mol. The Morgan fingerprint density at radius 1 is 1.15 bits per heavy atom. The van der Waals surface area contributed by atoms with Crippen molar-refractivity contribution >= 4 is 28.8 Å². The van der Waals surface area contributed by atoms with E-state index in [1.54, 1.807) is 23.1 Å². The number of hydrogen-bond acceptors (Lipinski definition) is 2. The van der Waals surface area contributed by atoms with Crippen LogP contribution < -0.4 is 4.84 Å². The van der Waals surface area contributed by atoms with Crippen molar-refractivity contribution in [3.05, 3.63) is 70.9 Å². The molecule has 0 aliphatic rings. The lowest BCUT2D eigenvalue weighted by atomic mass is 10.2. The molecule has 4 heteroatoms. The maximum absolute atomic E-state index is 11.1. The van der Waals surface area contributed by atoms with Crippen molar-refractivity contribution in [2.45, 2.75) is 6.61 Å². The lowest BCUT2D eigenvalue weighted by Gasteiger charge is -2.08. The molecule has 0 saturated heterocycles. The Morgan fingerprint density at radius 2 is 1.95 bits per heavy atom.